The van der Waals surface area contributed by atoms with Gasteiger partial charge < -0.3 is 34.8 Å². The van der Waals surface area contributed by atoms with Gasteiger partial charge in [-0.05, 0) is 98.4 Å². The first kappa shape index (κ1) is 102. The SMILES string of the molecule is C.CCCCCCCCCCCCCCCCC(C)CC(C(=O)OCCNC(=O)c1ccc(N(C)C)cc1)C(C(=O)O)C(CCCCCCCCCCCCCCCC)CC1C(=O)NC(=O)C1C.CCCCCCCCCCCCCCCCC(C)CC1C(=O)OC(=O)C1C.CN(C)c1ccc(C(=O)CCCO)cc1. The number of amides is 3. The van der Waals surface area contributed by atoms with Crippen molar-refractivity contribution in [1.82, 2.24) is 10.6 Å². The van der Waals surface area contributed by atoms with Gasteiger partial charge in [0.25, 0.3) is 5.91 Å². The number of carboxylic acids is 1. The Labute approximate surface area is 671 Å². The van der Waals surface area contributed by atoms with E-state index in [-0.39, 0.29) is 86.8 Å². The van der Waals surface area contributed by atoms with Gasteiger partial charge in [0, 0.05) is 75.6 Å². The molecule has 4 rings (SSSR count). The molecule has 0 spiro atoms. The molecule has 0 radical (unpaired) electrons. The molecule has 9 unspecified atom stereocenters. The van der Waals surface area contributed by atoms with Gasteiger partial charge in [0.1, 0.15) is 6.61 Å². The van der Waals surface area contributed by atoms with E-state index in [0.717, 1.165) is 69.2 Å². The van der Waals surface area contributed by atoms with Crippen LogP contribution in [0.15, 0.2) is 48.5 Å². The van der Waals surface area contributed by atoms with Crippen molar-refractivity contribution in [1.29, 1.82) is 0 Å². The van der Waals surface area contributed by atoms with Gasteiger partial charge >= 0.3 is 23.9 Å². The maximum absolute atomic E-state index is 14.2. The highest BCUT2D eigenvalue weighted by Gasteiger charge is 2.46. The number of ketones is 1. The summed E-state index contributed by atoms with van der Waals surface area (Å²) in [5.41, 5.74) is 3.26. The lowest BCUT2D eigenvalue weighted by molar-refractivity contribution is -0.161. The smallest absolute Gasteiger partial charge is 0.317 e. The van der Waals surface area contributed by atoms with Crippen molar-refractivity contribution in [2.45, 2.75) is 377 Å². The fourth-order valence-corrected chi connectivity index (χ4v) is 15.7. The van der Waals surface area contributed by atoms with Crippen molar-refractivity contribution >= 4 is 58.8 Å². The Bertz CT molecular complexity index is 2700. The van der Waals surface area contributed by atoms with Crippen LogP contribution in [-0.4, -0.2) is 106 Å². The standard InChI is InChI=1S/C57H99N3O7.C24H44O3.C12H17NO2.CH4/c1-7-9-11-13-15-17-19-21-23-25-27-29-31-33-35-45(3)43-51(57(66)67-42-41-58-54(62)47-37-39-49(40-38-47)60(5)6)52(56(64)65)48(44-50-46(4)53(61)59-55(50)63)36-34-32-30-28-26-24-22-20-18-16-14-12-10-8-2;1-4-5-6-7-8-9-10-11-12-13-14-15-16-17-18-20(2)19-22-21(3)23(25)27-24(22)26;1-13(2)11-7-5-10(6-8-11)12(15)4-3-9-14;/h37-40,45-46,48,50-52H,7-36,41-44H2,1-6H3,(H,58,62)(H,64,65)(H,59,61,63);20-22H,4-19H2,1-3H3;5-8,14H,3-4,9H2,1-2H3;1H4. The summed E-state index contributed by atoms with van der Waals surface area (Å²) in [6, 6.07) is 14.7. The van der Waals surface area contributed by atoms with Crippen molar-refractivity contribution in [2.24, 2.45) is 53.3 Å². The number of aliphatic hydroxyl groups is 1. The second-order valence-corrected chi connectivity index (χ2v) is 33.2. The zero-order valence-corrected chi connectivity index (χ0v) is 71.2. The molecule has 2 fully saturated rings. The molecule has 16 heteroatoms. The van der Waals surface area contributed by atoms with E-state index in [4.69, 9.17) is 14.6 Å². The molecule has 2 aliphatic heterocycles. The number of aliphatic hydroxyl groups excluding tert-OH is 1. The molecule has 4 N–H and O–H groups in total. The average molecular weight is 1540 g/mol. The number of nitrogens with zero attached hydrogens (tertiary/aromatic N) is 2. The molecule has 2 aromatic rings. The molecule has 3 amide bonds. The van der Waals surface area contributed by atoms with Gasteiger partial charge in [-0.25, -0.2) is 0 Å². The molecule has 2 saturated heterocycles. The number of carboxylic acid groups (broad SMARTS) is 1. The third kappa shape index (κ3) is 47.1. The lowest BCUT2D eigenvalue weighted by atomic mass is 9.71. The van der Waals surface area contributed by atoms with Gasteiger partial charge in [0.15, 0.2) is 5.78 Å². The summed E-state index contributed by atoms with van der Waals surface area (Å²) >= 11 is 0. The summed E-state index contributed by atoms with van der Waals surface area (Å²) in [4.78, 5) is 105. The Hall–Kier alpha value is -5.64. The number of hydrogen-bond acceptors (Lipinski definition) is 13. The number of hydrogen-bond donors (Lipinski definition) is 4. The highest BCUT2D eigenvalue weighted by Crippen LogP contribution is 2.40. The number of anilines is 2. The summed E-state index contributed by atoms with van der Waals surface area (Å²) in [6.07, 6.45) is 59.2. The Balaban J connectivity index is 0.00000114. The third-order valence-corrected chi connectivity index (χ3v) is 23.1. The topological polar surface area (TPSA) is 226 Å². The second kappa shape index (κ2) is 65.7. The first-order valence-electron chi connectivity index (χ1n) is 44.6. The molecule has 0 bridgehead atoms. The van der Waals surface area contributed by atoms with E-state index in [9.17, 15) is 43.5 Å². The van der Waals surface area contributed by atoms with Crippen LogP contribution in [0.1, 0.15) is 398 Å². The van der Waals surface area contributed by atoms with Crippen LogP contribution < -0.4 is 20.4 Å². The minimum absolute atomic E-state index is 0. The van der Waals surface area contributed by atoms with Crippen LogP contribution in [0, 0.1) is 53.3 Å². The number of cyclic esters (lactones) is 2. The first-order chi connectivity index (χ1) is 52.6. The minimum Gasteiger partial charge on any atom is -0.481 e. The van der Waals surface area contributed by atoms with E-state index in [1.807, 2.05) is 81.3 Å². The van der Waals surface area contributed by atoms with Crippen molar-refractivity contribution in [2.75, 3.05) is 57.7 Å². The van der Waals surface area contributed by atoms with Crippen LogP contribution in [0.25, 0.3) is 0 Å². The molecule has 2 aliphatic rings. The normalized spacial score (nSPS) is 16.6. The van der Waals surface area contributed by atoms with Crippen LogP contribution in [0.4, 0.5) is 11.4 Å². The van der Waals surface area contributed by atoms with Gasteiger partial charge in [-0.3, -0.25) is 43.7 Å². The van der Waals surface area contributed by atoms with E-state index in [1.54, 1.807) is 19.1 Å². The zero-order valence-electron chi connectivity index (χ0n) is 71.2. The van der Waals surface area contributed by atoms with Crippen LogP contribution in [0.5, 0.6) is 0 Å². The molecule has 0 saturated carbocycles. The number of esters is 3. The molecule has 632 valence electrons. The van der Waals surface area contributed by atoms with Gasteiger partial charge in [-0.2, -0.15) is 0 Å². The number of ether oxygens (including phenoxy) is 2. The number of rotatable bonds is 65. The minimum atomic E-state index is -1.08. The molecular formula is C94H164N4O12. The zero-order chi connectivity index (χ0) is 80.2. The van der Waals surface area contributed by atoms with Crippen molar-refractivity contribution in [3.05, 3.63) is 59.7 Å². The molecular weight excluding hydrogens is 1380 g/mol. The maximum Gasteiger partial charge on any atom is 0.317 e. The average Bonchev–Trinajstić information content (AvgIpc) is 1.20. The molecule has 9 atom stereocenters. The molecule has 0 aliphatic carbocycles. The Morgan fingerprint density at radius 2 is 0.845 bits per heavy atom. The van der Waals surface area contributed by atoms with Crippen LogP contribution in [0.3, 0.4) is 0 Å². The number of nitrogens with one attached hydrogen (secondary N) is 2. The molecule has 0 aromatic heterocycles. The fourth-order valence-electron chi connectivity index (χ4n) is 15.7. The second-order valence-electron chi connectivity index (χ2n) is 33.2. The van der Waals surface area contributed by atoms with Gasteiger partial charge in [0.05, 0.1) is 30.2 Å². The van der Waals surface area contributed by atoms with Crippen LogP contribution >= 0.6 is 0 Å². The third-order valence-electron chi connectivity index (χ3n) is 23.1. The van der Waals surface area contributed by atoms with Crippen molar-refractivity contribution in [3.8, 4) is 0 Å². The number of imide groups is 1. The quantitative estimate of drug-likeness (QED) is 0.0159. The summed E-state index contributed by atoms with van der Waals surface area (Å²) in [5, 5.41) is 25.0. The van der Waals surface area contributed by atoms with Crippen LogP contribution in [-0.2, 0) is 38.2 Å². The number of benzene rings is 2. The number of carbonyl (C=O) groups is 8. The predicted octanol–water partition coefficient (Wildman–Crippen LogP) is 23.6. The van der Waals surface area contributed by atoms with Crippen molar-refractivity contribution < 1.29 is 58.0 Å². The lowest BCUT2D eigenvalue weighted by Gasteiger charge is -2.33. The van der Waals surface area contributed by atoms with E-state index >= 15 is 0 Å². The highest BCUT2D eigenvalue weighted by molar-refractivity contribution is 6.05. The fraction of sp³-hybridized carbons (Fsp3) is 0.787. The van der Waals surface area contributed by atoms with Crippen molar-refractivity contribution in [3.63, 3.8) is 0 Å². The van der Waals surface area contributed by atoms with Crippen LogP contribution in [0.2, 0.25) is 0 Å². The number of carbonyl (C=O) groups excluding carboxylic acids is 7. The maximum atomic E-state index is 14.2. The van der Waals surface area contributed by atoms with E-state index < -0.39 is 41.5 Å². The summed E-state index contributed by atoms with van der Waals surface area (Å²) in [7, 11) is 7.79. The monoisotopic (exact) mass is 1540 g/mol. The number of Topliss-reactive ketones (excluding diaryl/α,β-unsaturated/α-hetero) is 1. The summed E-state index contributed by atoms with van der Waals surface area (Å²) in [6.45, 7) is 14.7. The van der Waals surface area contributed by atoms with E-state index in [1.165, 1.54) is 231 Å². The van der Waals surface area contributed by atoms with E-state index in [2.05, 4.69) is 45.3 Å². The van der Waals surface area contributed by atoms with Gasteiger partial charge in [-0.15, -0.1) is 0 Å². The highest BCUT2D eigenvalue weighted by atomic mass is 16.6. The largest absolute Gasteiger partial charge is 0.481 e. The van der Waals surface area contributed by atoms with Gasteiger partial charge in [0.2, 0.25) is 11.8 Å². The Morgan fingerprint density at radius 1 is 0.473 bits per heavy atom. The summed E-state index contributed by atoms with van der Waals surface area (Å²) in [5.74, 6) is -6.74. The Kier molecular flexibility index (Phi) is 61.2. The predicted molar refractivity (Wildman–Crippen MR) is 457 cm³/mol. The molecule has 110 heavy (non-hydrogen) atoms. The first-order valence-corrected chi connectivity index (χ1v) is 44.6. The molecule has 16 nitrogen and oxygen atoms in total. The lowest BCUT2D eigenvalue weighted by Crippen LogP contribution is -2.40. The van der Waals surface area contributed by atoms with E-state index in [0.29, 0.717) is 42.7 Å². The molecule has 2 heterocycles. The number of unbranched alkanes of at least 4 members (excludes halogenated alkanes) is 39. The molecule has 2 aromatic carbocycles. The number of aliphatic carboxylic acids is 1. The Morgan fingerprint density at radius 3 is 1.19 bits per heavy atom. The summed E-state index contributed by atoms with van der Waals surface area (Å²) < 4.78 is 10.6. The van der Waals surface area contributed by atoms with Gasteiger partial charge in [-0.1, -0.05) is 338 Å².